The molecule has 1 aromatic heterocycles. The van der Waals surface area contributed by atoms with E-state index in [4.69, 9.17) is 4.74 Å². The Morgan fingerprint density at radius 1 is 1.42 bits per heavy atom. The Labute approximate surface area is 120 Å². The van der Waals surface area contributed by atoms with E-state index in [2.05, 4.69) is 15.9 Å². The molecule has 0 fully saturated rings. The van der Waals surface area contributed by atoms with Gasteiger partial charge in [-0.3, -0.25) is 4.57 Å². The van der Waals surface area contributed by atoms with Crippen molar-refractivity contribution in [3.05, 3.63) is 34.4 Å². The minimum absolute atomic E-state index is 0.0624. The minimum Gasteiger partial charge on any atom is -0.443 e. The van der Waals surface area contributed by atoms with Crippen LogP contribution in [0.2, 0.25) is 0 Å². The van der Waals surface area contributed by atoms with E-state index in [9.17, 15) is 9.90 Å². The van der Waals surface area contributed by atoms with Crippen LogP contribution in [0.25, 0.3) is 10.9 Å². The maximum absolute atomic E-state index is 12.1. The van der Waals surface area contributed by atoms with Crippen molar-refractivity contribution < 1.29 is 14.6 Å². The van der Waals surface area contributed by atoms with E-state index in [1.807, 2.05) is 32.9 Å². The third-order valence-corrected chi connectivity index (χ3v) is 3.23. The van der Waals surface area contributed by atoms with Crippen LogP contribution in [0.5, 0.6) is 0 Å². The zero-order valence-electron chi connectivity index (χ0n) is 11.1. The quantitative estimate of drug-likeness (QED) is 0.870. The predicted octanol–water partition coefficient (Wildman–Crippen LogP) is 3.68. The molecule has 0 saturated heterocycles. The molecule has 1 heterocycles. The van der Waals surface area contributed by atoms with Crippen molar-refractivity contribution in [2.24, 2.45) is 0 Å². The zero-order chi connectivity index (χ0) is 14.2. The average molecular weight is 326 g/mol. The van der Waals surface area contributed by atoms with Gasteiger partial charge in [-0.05, 0) is 48.3 Å². The summed E-state index contributed by atoms with van der Waals surface area (Å²) in [5.41, 5.74) is 0.921. The van der Waals surface area contributed by atoms with E-state index < -0.39 is 11.7 Å². The summed E-state index contributed by atoms with van der Waals surface area (Å²) in [5, 5.41) is 10.1. The smallest absolute Gasteiger partial charge is 0.419 e. The fraction of sp³-hybridized carbons (Fsp3) is 0.357. The molecule has 0 aliphatic carbocycles. The topological polar surface area (TPSA) is 51.5 Å². The monoisotopic (exact) mass is 325 g/mol. The molecular weight excluding hydrogens is 310 g/mol. The summed E-state index contributed by atoms with van der Waals surface area (Å²) in [7, 11) is 0. The third kappa shape index (κ3) is 2.98. The van der Waals surface area contributed by atoms with E-state index in [1.165, 1.54) is 4.57 Å². The van der Waals surface area contributed by atoms with E-state index in [1.54, 1.807) is 12.3 Å². The number of ether oxygens (including phenoxy) is 1. The Morgan fingerprint density at radius 3 is 2.68 bits per heavy atom. The maximum Gasteiger partial charge on any atom is 0.419 e. The number of halogens is 1. The van der Waals surface area contributed by atoms with Gasteiger partial charge in [-0.1, -0.05) is 12.1 Å². The van der Waals surface area contributed by atoms with Gasteiger partial charge >= 0.3 is 6.09 Å². The standard InChI is InChI=1S/C14H16BrNO3/c1-14(2,3)19-13(18)16-7-11(15)10-5-4-9(8-17)6-12(10)16/h4-7,17H,8H2,1-3H3. The van der Waals surface area contributed by atoms with Crippen LogP contribution in [0.1, 0.15) is 26.3 Å². The molecule has 0 aliphatic rings. The highest BCUT2D eigenvalue weighted by Gasteiger charge is 2.20. The first-order chi connectivity index (χ1) is 8.81. The van der Waals surface area contributed by atoms with Crippen LogP contribution in [0.15, 0.2) is 28.9 Å². The molecule has 4 nitrogen and oxygen atoms in total. The van der Waals surface area contributed by atoms with Gasteiger partial charge in [0, 0.05) is 16.1 Å². The lowest BCUT2D eigenvalue weighted by Gasteiger charge is -2.19. The van der Waals surface area contributed by atoms with Crippen molar-refractivity contribution in [3.63, 3.8) is 0 Å². The van der Waals surface area contributed by atoms with E-state index >= 15 is 0 Å². The molecule has 0 radical (unpaired) electrons. The Balaban J connectivity index is 2.51. The minimum atomic E-state index is -0.547. The first-order valence-corrected chi connectivity index (χ1v) is 6.75. The Hall–Kier alpha value is -1.33. The number of carbonyl (C=O) groups excluding carboxylic acids is 1. The molecular formula is C14H16BrNO3. The summed E-state index contributed by atoms with van der Waals surface area (Å²) in [5.74, 6) is 0. The largest absolute Gasteiger partial charge is 0.443 e. The molecule has 0 aliphatic heterocycles. The molecule has 0 amide bonds. The molecule has 1 aromatic carbocycles. The van der Waals surface area contributed by atoms with E-state index in [0.717, 1.165) is 15.4 Å². The summed E-state index contributed by atoms with van der Waals surface area (Å²) in [6.45, 7) is 5.41. The molecule has 0 saturated carbocycles. The van der Waals surface area contributed by atoms with Gasteiger partial charge in [0.2, 0.25) is 0 Å². The van der Waals surface area contributed by atoms with Crippen LogP contribution in [0, 0.1) is 0 Å². The number of nitrogens with zero attached hydrogens (tertiary/aromatic N) is 1. The first-order valence-electron chi connectivity index (χ1n) is 5.95. The number of rotatable bonds is 1. The number of carbonyl (C=O) groups is 1. The molecule has 19 heavy (non-hydrogen) atoms. The SMILES string of the molecule is CC(C)(C)OC(=O)n1cc(Br)c2ccc(CO)cc21. The molecule has 0 spiro atoms. The van der Waals surface area contributed by atoms with Gasteiger partial charge in [0.25, 0.3) is 0 Å². The number of hydrogen-bond donors (Lipinski definition) is 1. The van der Waals surface area contributed by atoms with Gasteiger partial charge in [0.05, 0.1) is 12.1 Å². The highest BCUT2D eigenvalue weighted by atomic mass is 79.9. The first kappa shape index (κ1) is 14.1. The number of aliphatic hydroxyl groups is 1. The van der Waals surface area contributed by atoms with Gasteiger partial charge < -0.3 is 9.84 Å². The average Bonchev–Trinajstić information content (AvgIpc) is 2.64. The fourth-order valence-electron chi connectivity index (χ4n) is 1.79. The molecule has 0 bridgehead atoms. The lowest BCUT2D eigenvalue weighted by atomic mass is 10.2. The molecule has 1 N–H and O–H groups in total. The summed E-state index contributed by atoms with van der Waals surface area (Å²) < 4.78 is 7.63. The second-order valence-corrected chi connectivity index (χ2v) is 6.19. The molecule has 2 rings (SSSR count). The third-order valence-electron chi connectivity index (χ3n) is 2.59. The van der Waals surface area contributed by atoms with Crippen molar-refractivity contribution in [2.45, 2.75) is 33.0 Å². The molecule has 102 valence electrons. The van der Waals surface area contributed by atoms with Crippen LogP contribution >= 0.6 is 15.9 Å². The number of fused-ring (bicyclic) bond motifs is 1. The molecule has 0 unspecified atom stereocenters. The highest BCUT2D eigenvalue weighted by molar-refractivity contribution is 9.10. The van der Waals surface area contributed by atoms with Crippen LogP contribution in [0.3, 0.4) is 0 Å². The van der Waals surface area contributed by atoms with Crippen molar-refractivity contribution >= 4 is 32.9 Å². The lowest BCUT2D eigenvalue weighted by Crippen LogP contribution is -2.26. The summed E-state index contributed by atoms with van der Waals surface area (Å²) in [6, 6.07) is 5.47. The van der Waals surface area contributed by atoms with Crippen molar-refractivity contribution in [1.29, 1.82) is 0 Å². The van der Waals surface area contributed by atoms with Crippen molar-refractivity contribution in [3.8, 4) is 0 Å². The normalized spacial score (nSPS) is 11.8. The Kier molecular flexibility index (Phi) is 3.69. The molecule has 2 aromatic rings. The number of hydrogen-bond acceptors (Lipinski definition) is 3. The van der Waals surface area contributed by atoms with Gasteiger partial charge in [-0.25, -0.2) is 4.79 Å². The maximum atomic E-state index is 12.1. The van der Waals surface area contributed by atoms with Crippen molar-refractivity contribution in [1.82, 2.24) is 4.57 Å². The van der Waals surface area contributed by atoms with E-state index in [-0.39, 0.29) is 6.61 Å². The summed E-state index contributed by atoms with van der Waals surface area (Å²) in [6.07, 6.45) is 1.25. The predicted molar refractivity (Wildman–Crippen MR) is 77.2 cm³/mol. The second kappa shape index (κ2) is 4.98. The molecule has 5 heteroatoms. The zero-order valence-corrected chi connectivity index (χ0v) is 12.7. The number of aromatic nitrogens is 1. The van der Waals surface area contributed by atoms with Gasteiger partial charge in [0.1, 0.15) is 5.60 Å². The van der Waals surface area contributed by atoms with E-state index in [0.29, 0.717) is 5.52 Å². The van der Waals surface area contributed by atoms with Crippen LogP contribution < -0.4 is 0 Å². The van der Waals surface area contributed by atoms with Crippen LogP contribution in [-0.4, -0.2) is 21.4 Å². The summed E-state index contributed by atoms with van der Waals surface area (Å²) >= 11 is 3.42. The van der Waals surface area contributed by atoms with Gasteiger partial charge in [-0.15, -0.1) is 0 Å². The molecule has 0 atom stereocenters. The summed E-state index contributed by atoms with van der Waals surface area (Å²) in [4.78, 5) is 12.1. The Morgan fingerprint density at radius 2 is 2.11 bits per heavy atom. The number of benzene rings is 1. The fourth-order valence-corrected chi connectivity index (χ4v) is 2.33. The van der Waals surface area contributed by atoms with Crippen LogP contribution in [0.4, 0.5) is 4.79 Å². The van der Waals surface area contributed by atoms with Gasteiger partial charge in [0.15, 0.2) is 0 Å². The lowest BCUT2D eigenvalue weighted by molar-refractivity contribution is 0.0544. The number of aliphatic hydroxyl groups excluding tert-OH is 1. The second-order valence-electron chi connectivity index (χ2n) is 5.34. The Bertz CT molecular complexity index is 625. The van der Waals surface area contributed by atoms with Crippen LogP contribution in [-0.2, 0) is 11.3 Å². The highest BCUT2D eigenvalue weighted by Crippen LogP contribution is 2.28. The van der Waals surface area contributed by atoms with Crippen molar-refractivity contribution in [2.75, 3.05) is 0 Å². The van der Waals surface area contributed by atoms with Gasteiger partial charge in [-0.2, -0.15) is 0 Å².